The van der Waals surface area contributed by atoms with Crippen LogP contribution in [0.2, 0.25) is 0 Å². The largest absolute Gasteiger partial charge is 0.481 e. The molecule has 0 aromatic heterocycles. The third-order valence-corrected chi connectivity index (χ3v) is 3.71. The summed E-state index contributed by atoms with van der Waals surface area (Å²) in [4.78, 5) is 24.4. The Bertz CT molecular complexity index is 339. The molecule has 0 bridgehead atoms. The van der Waals surface area contributed by atoms with Gasteiger partial charge in [0.15, 0.2) is 0 Å². The van der Waals surface area contributed by atoms with Gasteiger partial charge in [-0.25, -0.2) is 0 Å². The lowest BCUT2D eigenvalue weighted by atomic mass is 10.0. The maximum Gasteiger partial charge on any atom is 0.303 e. The minimum atomic E-state index is -0.749. The van der Waals surface area contributed by atoms with Crippen molar-refractivity contribution in [1.29, 1.82) is 0 Å². The Labute approximate surface area is 126 Å². The number of nitrogens with one attached hydrogen (secondary N) is 1. The average Bonchev–Trinajstić information content (AvgIpc) is 2.40. The van der Waals surface area contributed by atoms with E-state index in [0.29, 0.717) is 32.0 Å². The molecule has 2 N–H and O–H groups in total. The van der Waals surface area contributed by atoms with Gasteiger partial charge >= 0.3 is 5.97 Å². The smallest absolute Gasteiger partial charge is 0.303 e. The van der Waals surface area contributed by atoms with Crippen LogP contribution in [0.3, 0.4) is 0 Å². The van der Waals surface area contributed by atoms with E-state index in [0.717, 1.165) is 13.0 Å². The Morgan fingerprint density at radius 3 is 2.48 bits per heavy atom. The van der Waals surface area contributed by atoms with Crippen LogP contribution in [0.5, 0.6) is 0 Å². The highest BCUT2D eigenvalue weighted by molar-refractivity contribution is 5.78. The zero-order valence-electron chi connectivity index (χ0n) is 13.3. The molecule has 3 unspecified atom stereocenters. The SMILES string of the molecule is CC(CCNCC(=O)N1CC(C)OC(C)C1)CCC(=O)O. The van der Waals surface area contributed by atoms with E-state index < -0.39 is 5.97 Å². The summed E-state index contributed by atoms with van der Waals surface area (Å²) in [6, 6.07) is 0. The van der Waals surface area contributed by atoms with Crippen molar-refractivity contribution in [2.45, 2.75) is 52.2 Å². The summed E-state index contributed by atoms with van der Waals surface area (Å²) in [6.45, 7) is 8.38. The van der Waals surface area contributed by atoms with E-state index in [9.17, 15) is 9.59 Å². The molecule has 1 heterocycles. The van der Waals surface area contributed by atoms with E-state index in [-0.39, 0.29) is 24.5 Å². The fraction of sp³-hybridized carbons (Fsp3) is 0.867. The van der Waals surface area contributed by atoms with Gasteiger partial charge < -0.3 is 20.1 Å². The predicted molar refractivity (Wildman–Crippen MR) is 80.1 cm³/mol. The first-order valence-electron chi connectivity index (χ1n) is 7.74. The fourth-order valence-electron chi connectivity index (χ4n) is 2.55. The van der Waals surface area contributed by atoms with Crippen LogP contribution in [-0.2, 0) is 14.3 Å². The van der Waals surface area contributed by atoms with Crippen molar-refractivity contribution in [2.24, 2.45) is 5.92 Å². The molecule has 1 amide bonds. The second-order valence-corrected chi connectivity index (χ2v) is 6.06. The number of carbonyl (C=O) groups excluding carboxylic acids is 1. The van der Waals surface area contributed by atoms with E-state index >= 15 is 0 Å². The summed E-state index contributed by atoms with van der Waals surface area (Å²) in [6.07, 6.45) is 1.96. The number of nitrogens with zero attached hydrogens (tertiary/aromatic N) is 1. The zero-order valence-corrected chi connectivity index (χ0v) is 13.3. The highest BCUT2D eigenvalue weighted by Gasteiger charge is 2.25. The molecule has 1 aliphatic rings. The molecule has 1 aliphatic heterocycles. The van der Waals surface area contributed by atoms with Crippen LogP contribution in [0.4, 0.5) is 0 Å². The van der Waals surface area contributed by atoms with Gasteiger partial charge in [0.25, 0.3) is 0 Å². The van der Waals surface area contributed by atoms with E-state index in [1.165, 1.54) is 0 Å². The molecule has 122 valence electrons. The van der Waals surface area contributed by atoms with Crippen LogP contribution in [0.1, 0.15) is 40.0 Å². The number of carboxylic acids is 1. The van der Waals surface area contributed by atoms with E-state index in [1.807, 2.05) is 25.7 Å². The number of amides is 1. The Morgan fingerprint density at radius 1 is 1.29 bits per heavy atom. The van der Waals surface area contributed by atoms with Crippen LogP contribution in [0.15, 0.2) is 0 Å². The molecule has 21 heavy (non-hydrogen) atoms. The molecule has 6 nitrogen and oxygen atoms in total. The monoisotopic (exact) mass is 300 g/mol. The molecule has 0 aromatic carbocycles. The second-order valence-electron chi connectivity index (χ2n) is 6.06. The van der Waals surface area contributed by atoms with Crippen molar-refractivity contribution < 1.29 is 19.4 Å². The first-order valence-corrected chi connectivity index (χ1v) is 7.74. The summed E-state index contributed by atoms with van der Waals surface area (Å²) in [7, 11) is 0. The van der Waals surface area contributed by atoms with Gasteiger partial charge in [0.2, 0.25) is 5.91 Å². The Kier molecular flexibility index (Phi) is 7.67. The number of aliphatic carboxylic acids is 1. The minimum absolute atomic E-state index is 0.0914. The molecule has 6 heteroatoms. The molecule has 0 aromatic rings. The van der Waals surface area contributed by atoms with Gasteiger partial charge in [0.05, 0.1) is 18.8 Å². The number of ether oxygens (including phenoxy) is 1. The van der Waals surface area contributed by atoms with Crippen molar-refractivity contribution in [3.8, 4) is 0 Å². The first kappa shape index (κ1) is 17.9. The lowest BCUT2D eigenvalue weighted by molar-refractivity contribution is -0.142. The molecule has 0 saturated carbocycles. The standard InChI is InChI=1S/C15H28N2O4/c1-11(4-5-15(19)20)6-7-16-8-14(18)17-9-12(2)21-13(3)10-17/h11-13,16H,4-10H2,1-3H3,(H,19,20). The van der Waals surface area contributed by atoms with E-state index in [1.54, 1.807) is 0 Å². The molecule has 0 radical (unpaired) electrons. The normalized spacial score (nSPS) is 23.9. The van der Waals surface area contributed by atoms with E-state index in [2.05, 4.69) is 5.32 Å². The summed E-state index contributed by atoms with van der Waals surface area (Å²) < 4.78 is 5.61. The summed E-state index contributed by atoms with van der Waals surface area (Å²) in [5, 5.41) is 11.8. The lowest BCUT2D eigenvalue weighted by Gasteiger charge is -2.35. The lowest BCUT2D eigenvalue weighted by Crippen LogP contribution is -2.50. The number of rotatable bonds is 8. The number of carboxylic acid groups (broad SMARTS) is 1. The topological polar surface area (TPSA) is 78.9 Å². The Balaban J connectivity index is 2.14. The first-order chi connectivity index (χ1) is 9.88. The second kappa shape index (κ2) is 9.00. The van der Waals surface area contributed by atoms with Crippen LogP contribution < -0.4 is 5.32 Å². The number of carbonyl (C=O) groups is 2. The summed E-state index contributed by atoms with van der Waals surface area (Å²) >= 11 is 0. The number of morpholine rings is 1. The molecule has 3 atom stereocenters. The zero-order chi connectivity index (χ0) is 15.8. The predicted octanol–water partition coefficient (Wildman–Crippen LogP) is 1.10. The maximum atomic E-state index is 12.1. The van der Waals surface area contributed by atoms with Crippen molar-refractivity contribution in [3.05, 3.63) is 0 Å². The molecular formula is C15H28N2O4. The van der Waals surface area contributed by atoms with Gasteiger partial charge in [-0.05, 0) is 39.2 Å². The van der Waals surface area contributed by atoms with Crippen LogP contribution >= 0.6 is 0 Å². The fourth-order valence-corrected chi connectivity index (χ4v) is 2.55. The van der Waals surface area contributed by atoms with Gasteiger partial charge in [0.1, 0.15) is 0 Å². The highest BCUT2D eigenvalue weighted by atomic mass is 16.5. The number of hydrogen-bond acceptors (Lipinski definition) is 4. The molecule has 1 fully saturated rings. The quantitative estimate of drug-likeness (QED) is 0.656. The van der Waals surface area contributed by atoms with Crippen molar-refractivity contribution >= 4 is 11.9 Å². The van der Waals surface area contributed by atoms with Gasteiger partial charge in [-0.2, -0.15) is 0 Å². The van der Waals surface area contributed by atoms with Crippen molar-refractivity contribution in [1.82, 2.24) is 10.2 Å². The molecule has 0 spiro atoms. The summed E-state index contributed by atoms with van der Waals surface area (Å²) in [5.41, 5.74) is 0. The van der Waals surface area contributed by atoms with Gasteiger partial charge in [-0.1, -0.05) is 6.92 Å². The molecule has 1 saturated heterocycles. The van der Waals surface area contributed by atoms with E-state index in [4.69, 9.17) is 9.84 Å². The molecule has 0 aliphatic carbocycles. The maximum absolute atomic E-state index is 12.1. The van der Waals surface area contributed by atoms with Crippen LogP contribution in [0.25, 0.3) is 0 Å². The van der Waals surface area contributed by atoms with Gasteiger partial charge in [0, 0.05) is 19.5 Å². The van der Waals surface area contributed by atoms with Crippen molar-refractivity contribution in [3.63, 3.8) is 0 Å². The number of hydrogen-bond donors (Lipinski definition) is 2. The molecule has 1 rings (SSSR count). The summed E-state index contributed by atoms with van der Waals surface area (Å²) in [5.74, 6) is -0.289. The molecular weight excluding hydrogens is 272 g/mol. The third kappa shape index (κ3) is 7.43. The highest BCUT2D eigenvalue weighted by Crippen LogP contribution is 2.11. The Morgan fingerprint density at radius 2 is 1.90 bits per heavy atom. The average molecular weight is 300 g/mol. The minimum Gasteiger partial charge on any atom is -0.481 e. The third-order valence-electron chi connectivity index (χ3n) is 3.71. The van der Waals surface area contributed by atoms with Gasteiger partial charge in [-0.3, -0.25) is 9.59 Å². The van der Waals surface area contributed by atoms with Crippen LogP contribution in [-0.4, -0.2) is 60.3 Å². The van der Waals surface area contributed by atoms with Crippen LogP contribution in [0, 0.1) is 5.92 Å². The van der Waals surface area contributed by atoms with Gasteiger partial charge in [-0.15, -0.1) is 0 Å². The van der Waals surface area contributed by atoms with Crippen molar-refractivity contribution in [2.75, 3.05) is 26.2 Å². The Hall–Kier alpha value is -1.14.